The molecule has 0 radical (unpaired) electrons. The SMILES string of the molecule is COC(=O)Cc1ccccc1.Nc1cccc(CO)c1. The van der Waals surface area contributed by atoms with Crippen LogP contribution in [0.25, 0.3) is 0 Å². The van der Waals surface area contributed by atoms with E-state index in [1.165, 1.54) is 7.11 Å². The quantitative estimate of drug-likeness (QED) is 0.664. The van der Waals surface area contributed by atoms with Crippen molar-refractivity contribution in [2.75, 3.05) is 12.8 Å². The van der Waals surface area contributed by atoms with Gasteiger partial charge in [0.15, 0.2) is 0 Å². The van der Waals surface area contributed by atoms with Gasteiger partial charge in [0.05, 0.1) is 20.1 Å². The van der Waals surface area contributed by atoms with Gasteiger partial charge in [-0.15, -0.1) is 0 Å². The molecule has 0 aliphatic carbocycles. The third-order valence-corrected chi connectivity index (χ3v) is 2.55. The van der Waals surface area contributed by atoms with E-state index >= 15 is 0 Å². The van der Waals surface area contributed by atoms with Gasteiger partial charge in [-0.25, -0.2) is 0 Å². The van der Waals surface area contributed by atoms with Gasteiger partial charge in [-0.1, -0.05) is 42.5 Å². The molecule has 20 heavy (non-hydrogen) atoms. The molecular weight excluding hydrogens is 254 g/mol. The zero-order chi connectivity index (χ0) is 14.8. The molecule has 106 valence electrons. The molecule has 0 atom stereocenters. The molecule has 0 spiro atoms. The van der Waals surface area contributed by atoms with Crippen LogP contribution in [0, 0.1) is 0 Å². The van der Waals surface area contributed by atoms with E-state index in [1.807, 2.05) is 42.5 Å². The number of aliphatic hydroxyl groups excluding tert-OH is 1. The van der Waals surface area contributed by atoms with Crippen LogP contribution in [0.1, 0.15) is 11.1 Å². The van der Waals surface area contributed by atoms with Crippen LogP contribution in [0.3, 0.4) is 0 Å². The van der Waals surface area contributed by atoms with Crippen LogP contribution >= 0.6 is 0 Å². The van der Waals surface area contributed by atoms with Gasteiger partial charge in [0.1, 0.15) is 0 Å². The number of nitrogen functional groups attached to an aromatic ring is 1. The second-order valence-corrected chi connectivity index (χ2v) is 4.14. The first kappa shape index (κ1) is 15.7. The molecule has 0 heterocycles. The van der Waals surface area contributed by atoms with Crippen LogP contribution < -0.4 is 5.73 Å². The summed E-state index contributed by atoms with van der Waals surface area (Å²) in [6.45, 7) is 0.0606. The molecule has 3 N–H and O–H groups in total. The fourth-order valence-corrected chi connectivity index (χ4v) is 1.53. The molecule has 0 saturated heterocycles. The number of hydrogen-bond donors (Lipinski definition) is 2. The molecule has 0 aliphatic rings. The summed E-state index contributed by atoms with van der Waals surface area (Å²) in [5.41, 5.74) is 7.96. The van der Waals surface area contributed by atoms with Gasteiger partial charge in [-0.05, 0) is 23.3 Å². The van der Waals surface area contributed by atoms with Crippen molar-refractivity contribution < 1.29 is 14.6 Å². The van der Waals surface area contributed by atoms with Gasteiger partial charge < -0.3 is 15.6 Å². The van der Waals surface area contributed by atoms with Gasteiger partial charge in [0.25, 0.3) is 0 Å². The summed E-state index contributed by atoms with van der Waals surface area (Å²) in [5, 5.41) is 8.61. The highest BCUT2D eigenvalue weighted by Gasteiger charge is 1.99. The smallest absolute Gasteiger partial charge is 0.309 e. The summed E-state index contributed by atoms with van der Waals surface area (Å²) >= 11 is 0. The topological polar surface area (TPSA) is 72.5 Å². The summed E-state index contributed by atoms with van der Waals surface area (Å²) in [5.74, 6) is -0.198. The predicted molar refractivity (Wildman–Crippen MR) is 78.9 cm³/mol. The van der Waals surface area contributed by atoms with Crippen molar-refractivity contribution in [1.29, 1.82) is 0 Å². The number of hydrogen-bond acceptors (Lipinski definition) is 4. The van der Waals surface area contributed by atoms with Crippen molar-refractivity contribution in [3.05, 3.63) is 65.7 Å². The summed E-state index contributed by atoms with van der Waals surface area (Å²) in [4.78, 5) is 10.8. The number of carbonyl (C=O) groups excluding carboxylic acids is 1. The molecular formula is C16H19NO3. The van der Waals surface area contributed by atoms with Crippen LogP contribution in [-0.2, 0) is 22.6 Å². The Balaban J connectivity index is 0.000000204. The number of esters is 1. The number of carbonyl (C=O) groups is 1. The first-order valence-corrected chi connectivity index (χ1v) is 6.21. The molecule has 2 rings (SSSR count). The average molecular weight is 273 g/mol. The minimum Gasteiger partial charge on any atom is -0.469 e. The van der Waals surface area contributed by atoms with Crippen molar-refractivity contribution in [2.45, 2.75) is 13.0 Å². The second kappa shape index (κ2) is 8.72. The number of nitrogens with two attached hydrogens (primary N) is 1. The molecule has 2 aromatic carbocycles. The maximum Gasteiger partial charge on any atom is 0.309 e. The monoisotopic (exact) mass is 273 g/mol. The standard InChI is InChI=1S/C9H10O2.C7H9NO/c1-11-9(10)7-8-5-3-2-4-6-8;8-7-3-1-2-6(4-7)5-9/h2-6H,7H2,1H3;1-4,9H,5,8H2. The highest BCUT2D eigenvalue weighted by atomic mass is 16.5. The highest BCUT2D eigenvalue weighted by Crippen LogP contribution is 2.05. The maximum atomic E-state index is 10.8. The minimum atomic E-state index is -0.198. The number of aliphatic hydroxyl groups is 1. The predicted octanol–water partition coefficient (Wildman–Crippen LogP) is 2.16. The Morgan fingerprint density at radius 3 is 2.25 bits per heavy atom. The molecule has 0 fully saturated rings. The Bertz CT molecular complexity index is 526. The van der Waals surface area contributed by atoms with Crippen molar-refractivity contribution in [3.63, 3.8) is 0 Å². The summed E-state index contributed by atoms with van der Waals surface area (Å²) < 4.78 is 4.52. The zero-order valence-electron chi connectivity index (χ0n) is 11.5. The van der Waals surface area contributed by atoms with E-state index < -0.39 is 0 Å². The van der Waals surface area contributed by atoms with Crippen molar-refractivity contribution in [2.24, 2.45) is 0 Å². The van der Waals surface area contributed by atoms with Gasteiger partial charge in [0, 0.05) is 5.69 Å². The van der Waals surface area contributed by atoms with E-state index in [9.17, 15) is 4.79 Å². The van der Waals surface area contributed by atoms with Crippen LogP contribution in [0.4, 0.5) is 5.69 Å². The van der Waals surface area contributed by atoms with E-state index in [1.54, 1.807) is 12.1 Å². The van der Waals surface area contributed by atoms with Crippen LogP contribution in [-0.4, -0.2) is 18.2 Å². The molecule has 0 aliphatic heterocycles. The van der Waals surface area contributed by atoms with Crippen molar-refractivity contribution in [1.82, 2.24) is 0 Å². The third-order valence-electron chi connectivity index (χ3n) is 2.55. The van der Waals surface area contributed by atoms with Gasteiger partial charge in [0.2, 0.25) is 0 Å². The lowest BCUT2D eigenvalue weighted by Gasteiger charge is -1.97. The largest absolute Gasteiger partial charge is 0.469 e. The lowest BCUT2D eigenvalue weighted by molar-refractivity contribution is -0.139. The molecule has 2 aromatic rings. The normalized spacial score (nSPS) is 9.30. The molecule has 4 heteroatoms. The first-order valence-electron chi connectivity index (χ1n) is 6.21. The molecule has 0 amide bonds. The molecule has 0 aromatic heterocycles. The maximum absolute atomic E-state index is 10.8. The van der Waals surface area contributed by atoms with Gasteiger partial charge in [-0.3, -0.25) is 4.79 Å². The molecule has 4 nitrogen and oxygen atoms in total. The van der Waals surface area contributed by atoms with Crippen LogP contribution in [0.15, 0.2) is 54.6 Å². The van der Waals surface area contributed by atoms with Crippen molar-refractivity contribution >= 4 is 11.7 Å². The van der Waals surface area contributed by atoms with E-state index in [2.05, 4.69) is 4.74 Å². The van der Waals surface area contributed by atoms with Crippen LogP contribution in [0.5, 0.6) is 0 Å². The van der Waals surface area contributed by atoms with Gasteiger partial charge in [-0.2, -0.15) is 0 Å². The number of anilines is 1. The zero-order valence-corrected chi connectivity index (χ0v) is 11.5. The fraction of sp³-hybridized carbons (Fsp3) is 0.188. The first-order chi connectivity index (χ1) is 9.65. The van der Waals surface area contributed by atoms with E-state index in [0.717, 1.165) is 11.1 Å². The summed E-state index contributed by atoms with van der Waals surface area (Å²) in [7, 11) is 1.39. The Kier molecular flexibility index (Phi) is 6.85. The number of methoxy groups -OCH3 is 1. The lowest BCUT2D eigenvalue weighted by atomic mass is 10.2. The number of rotatable bonds is 3. The van der Waals surface area contributed by atoms with Gasteiger partial charge >= 0.3 is 5.97 Å². The summed E-state index contributed by atoms with van der Waals surface area (Å²) in [6, 6.07) is 16.7. The third kappa shape index (κ3) is 6.02. The Morgan fingerprint density at radius 1 is 1.10 bits per heavy atom. The van der Waals surface area contributed by atoms with E-state index in [0.29, 0.717) is 12.1 Å². The summed E-state index contributed by atoms with van der Waals surface area (Å²) in [6.07, 6.45) is 0.358. The van der Waals surface area contributed by atoms with Crippen molar-refractivity contribution in [3.8, 4) is 0 Å². The highest BCUT2D eigenvalue weighted by molar-refractivity contribution is 5.72. The fourth-order valence-electron chi connectivity index (χ4n) is 1.53. The Morgan fingerprint density at radius 2 is 1.75 bits per heavy atom. The minimum absolute atomic E-state index is 0.0606. The van der Waals surface area contributed by atoms with E-state index in [-0.39, 0.29) is 12.6 Å². The second-order valence-electron chi connectivity index (χ2n) is 4.14. The molecule has 0 unspecified atom stereocenters. The molecule has 0 bridgehead atoms. The Hall–Kier alpha value is -2.33. The van der Waals surface area contributed by atoms with E-state index in [4.69, 9.17) is 10.8 Å². The number of ether oxygens (including phenoxy) is 1. The lowest BCUT2D eigenvalue weighted by Crippen LogP contribution is -2.03. The average Bonchev–Trinajstić information content (AvgIpc) is 2.49. The number of benzene rings is 2. The van der Waals surface area contributed by atoms with Crippen LogP contribution in [0.2, 0.25) is 0 Å². The Labute approximate surface area is 118 Å². The molecule has 0 saturated carbocycles.